The average molecular weight is 303 g/mol. The SMILES string of the molecule is CC(C)N(CC(F)(F)F)CC(N)(C(N)=O)c1ccccc1. The molecule has 0 aliphatic rings. The first-order valence-corrected chi connectivity index (χ1v) is 6.51. The van der Waals surface area contributed by atoms with Gasteiger partial charge in [-0.05, 0) is 19.4 Å². The number of halogens is 3. The number of benzene rings is 1. The van der Waals surface area contributed by atoms with Crippen LogP contribution in [0.4, 0.5) is 13.2 Å². The third-order valence-electron chi connectivity index (χ3n) is 3.29. The lowest BCUT2D eigenvalue weighted by molar-refractivity contribution is -0.153. The fourth-order valence-electron chi connectivity index (χ4n) is 2.02. The molecule has 4 N–H and O–H groups in total. The zero-order valence-electron chi connectivity index (χ0n) is 12.0. The van der Waals surface area contributed by atoms with Crippen molar-refractivity contribution in [2.75, 3.05) is 13.1 Å². The minimum absolute atomic E-state index is 0.302. The lowest BCUT2D eigenvalue weighted by Gasteiger charge is -2.36. The molecule has 1 amide bonds. The van der Waals surface area contributed by atoms with Crippen molar-refractivity contribution in [2.24, 2.45) is 11.5 Å². The van der Waals surface area contributed by atoms with E-state index in [0.717, 1.165) is 4.90 Å². The van der Waals surface area contributed by atoms with Crippen molar-refractivity contribution < 1.29 is 18.0 Å². The number of carbonyl (C=O) groups excluding carboxylic acids is 1. The zero-order valence-corrected chi connectivity index (χ0v) is 12.0. The first kappa shape index (κ1) is 17.5. The van der Waals surface area contributed by atoms with Crippen molar-refractivity contribution in [1.29, 1.82) is 0 Å². The lowest BCUT2D eigenvalue weighted by Crippen LogP contribution is -2.58. The summed E-state index contributed by atoms with van der Waals surface area (Å²) in [6, 6.07) is 7.76. The molecule has 1 rings (SSSR count). The van der Waals surface area contributed by atoms with Crippen molar-refractivity contribution in [3.63, 3.8) is 0 Å². The molecular weight excluding hydrogens is 283 g/mol. The van der Waals surface area contributed by atoms with Gasteiger partial charge in [-0.15, -0.1) is 0 Å². The summed E-state index contributed by atoms with van der Waals surface area (Å²) in [6.45, 7) is 1.77. The summed E-state index contributed by atoms with van der Waals surface area (Å²) >= 11 is 0. The highest BCUT2D eigenvalue weighted by Crippen LogP contribution is 2.24. The smallest absolute Gasteiger partial charge is 0.368 e. The predicted octanol–water partition coefficient (Wildman–Crippen LogP) is 1.60. The first-order chi connectivity index (χ1) is 9.56. The summed E-state index contributed by atoms with van der Waals surface area (Å²) in [6.07, 6.45) is -4.38. The van der Waals surface area contributed by atoms with E-state index < -0.39 is 30.2 Å². The minimum atomic E-state index is -4.38. The van der Waals surface area contributed by atoms with Crippen LogP contribution in [0.2, 0.25) is 0 Å². The van der Waals surface area contributed by atoms with Crippen LogP contribution in [0, 0.1) is 0 Å². The Kier molecular flexibility index (Phi) is 5.36. The van der Waals surface area contributed by atoms with Gasteiger partial charge in [0.15, 0.2) is 0 Å². The number of hydrogen-bond donors (Lipinski definition) is 2. The Morgan fingerprint density at radius 1 is 1.19 bits per heavy atom. The molecular formula is C14H20F3N3O. The summed E-state index contributed by atoms with van der Waals surface area (Å²) in [5.41, 5.74) is 10.1. The number of alkyl halides is 3. The molecule has 1 unspecified atom stereocenters. The highest BCUT2D eigenvalue weighted by molar-refractivity contribution is 5.86. The summed E-state index contributed by atoms with van der Waals surface area (Å²) < 4.78 is 37.9. The van der Waals surface area contributed by atoms with Crippen molar-refractivity contribution in [3.05, 3.63) is 35.9 Å². The summed E-state index contributed by atoms with van der Waals surface area (Å²) in [5, 5.41) is 0. The fourth-order valence-corrected chi connectivity index (χ4v) is 2.02. The molecule has 1 aromatic carbocycles. The van der Waals surface area contributed by atoms with Crippen LogP contribution < -0.4 is 11.5 Å². The van der Waals surface area contributed by atoms with Gasteiger partial charge in [0.25, 0.3) is 0 Å². The second-order valence-corrected chi connectivity index (χ2v) is 5.32. The summed E-state index contributed by atoms with van der Waals surface area (Å²) in [4.78, 5) is 12.8. The summed E-state index contributed by atoms with van der Waals surface area (Å²) in [7, 11) is 0. The number of amides is 1. The Morgan fingerprint density at radius 2 is 1.71 bits per heavy atom. The maximum Gasteiger partial charge on any atom is 0.401 e. The maximum absolute atomic E-state index is 12.6. The molecule has 1 atom stereocenters. The van der Waals surface area contributed by atoms with Crippen molar-refractivity contribution >= 4 is 5.91 Å². The van der Waals surface area contributed by atoms with Gasteiger partial charge in [-0.1, -0.05) is 30.3 Å². The zero-order chi connectivity index (χ0) is 16.3. The molecule has 0 saturated heterocycles. The molecule has 7 heteroatoms. The van der Waals surface area contributed by atoms with Crippen LogP contribution >= 0.6 is 0 Å². The normalized spacial score (nSPS) is 15.2. The van der Waals surface area contributed by atoms with Crippen LogP contribution in [0.3, 0.4) is 0 Å². The van der Waals surface area contributed by atoms with E-state index in [1.807, 2.05) is 0 Å². The van der Waals surface area contributed by atoms with Crippen molar-refractivity contribution in [2.45, 2.75) is 31.6 Å². The van der Waals surface area contributed by atoms with Crippen LogP contribution in [0.5, 0.6) is 0 Å². The molecule has 118 valence electrons. The highest BCUT2D eigenvalue weighted by Gasteiger charge is 2.40. The molecule has 0 radical (unpaired) electrons. The van der Waals surface area contributed by atoms with Gasteiger partial charge in [0.2, 0.25) is 5.91 Å². The molecule has 0 aromatic heterocycles. The number of hydrogen-bond acceptors (Lipinski definition) is 3. The van der Waals surface area contributed by atoms with E-state index in [9.17, 15) is 18.0 Å². The Bertz CT molecular complexity index is 476. The van der Waals surface area contributed by atoms with Crippen LogP contribution in [-0.2, 0) is 10.3 Å². The second kappa shape index (κ2) is 6.44. The van der Waals surface area contributed by atoms with Crippen LogP contribution in [0.25, 0.3) is 0 Å². The number of rotatable bonds is 6. The van der Waals surface area contributed by atoms with Gasteiger partial charge in [0.05, 0.1) is 6.54 Å². The number of nitrogens with two attached hydrogens (primary N) is 2. The standard InChI is InChI=1S/C14H20F3N3O/c1-10(2)20(9-14(15,16)17)8-13(19,12(18)21)11-6-4-3-5-7-11/h3-7,10H,8-9,19H2,1-2H3,(H2,18,21). The van der Waals surface area contributed by atoms with E-state index >= 15 is 0 Å². The Morgan fingerprint density at radius 3 is 2.10 bits per heavy atom. The highest BCUT2D eigenvalue weighted by atomic mass is 19.4. The predicted molar refractivity (Wildman–Crippen MR) is 74.3 cm³/mol. The monoisotopic (exact) mass is 303 g/mol. The quantitative estimate of drug-likeness (QED) is 0.838. The Hall–Kier alpha value is -1.60. The Balaban J connectivity index is 3.09. The number of primary amides is 1. The fraction of sp³-hybridized carbons (Fsp3) is 0.500. The molecule has 0 saturated carbocycles. The molecule has 0 heterocycles. The van der Waals surface area contributed by atoms with Gasteiger partial charge in [0, 0.05) is 12.6 Å². The molecule has 0 spiro atoms. The number of nitrogens with zero attached hydrogens (tertiary/aromatic N) is 1. The van der Waals surface area contributed by atoms with E-state index in [2.05, 4.69) is 0 Å². The van der Waals surface area contributed by atoms with Crippen molar-refractivity contribution in [3.8, 4) is 0 Å². The first-order valence-electron chi connectivity index (χ1n) is 6.51. The molecule has 0 aliphatic carbocycles. The van der Waals surface area contributed by atoms with Gasteiger partial charge >= 0.3 is 6.18 Å². The topological polar surface area (TPSA) is 72.3 Å². The number of carbonyl (C=O) groups is 1. The molecule has 0 bridgehead atoms. The molecule has 21 heavy (non-hydrogen) atoms. The summed E-state index contributed by atoms with van der Waals surface area (Å²) in [5.74, 6) is -0.860. The van der Waals surface area contributed by atoms with E-state index in [-0.39, 0.29) is 6.54 Å². The van der Waals surface area contributed by atoms with Gasteiger partial charge in [-0.3, -0.25) is 9.69 Å². The van der Waals surface area contributed by atoms with Crippen LogP contribution in [0.1, 0.15) is 19.4 Å². The van der Waals surface area contributed by atoms with Gasteiger partial charge < -0.3 is 11.5 Å². The average Bonchev–Trinajstić information content (AvgIpc) is 2.37. The third-order valence-corrected chi connectivity index (χ3v) is 3.29. The molecule has 0 fully saturated rings. The van der Waals surface area contributed by atoms with Crippen molar-refractivity contribution in [1.82, 2.24) is 4.90 Å². The maximum atomic E-state index is 12.6. The Labute approximate surface area is 121 Å². The van der Waals surface area contributed by atoms with Gasteiger partial charge in [-0.25, -0.2) is 0 Å². The van der Waals surface area contributed by atoms with E-state index in [1.54, 1.807) is 44.2 Å². The van der Waals surface area contributed by atoms with E-state index in [4.69, 9.17) is 11.5 Å². The van der Waals surface area contributed by atoms with Gasteiger partial charge in [0.1, 0.15) is 5.54 Å². The largest absolute Gasteiger partial charge is 0.401 e. The van der Waals surface area contributed by atoms with E-state index in [1.165, 1.54) is 0 Å². The second-order valence-electron chi connectivity index (χ2n) is 5.32. The van der Waals surface area contributed by atoms with Gasteiger partial charge in [-0.2, -0.15) is 13.2 Å². The third kappa shape index (κ3) is 4.71. The van der Waals surface area contributed by atoms with Crippen LogP contribution in [-0.4, -0.2) is 36.1 Å². The molecule has 0 aliphatic heterocycles. The molecule has 1 aromatic rings. The minimum Gasteiger partial charge on any atom is -0.368 e. The molecule has 4 nitrogen and oxygen atoms in total. The van der Waals surface area contributed by atoms with E-state index in [0.29, 0.717) is 5.56 Å². The van der Waals surface area contributed by atoms with Crippen LogP contribution in [0.15, 0.2) is 30.3 Å². The lowest BCUT2D eigenvalue weighted by atomic mass is 9.89.